The van der Waals surface area contributed by atoms with Gasteiger partial charge in [-0.2, -0.15) is 5.26 Å². The number of likely N-dealkylation sites (N-methyl/N-ethyl adjacent to an activating group) is 1. The van der Waals surface area contributed by atoms with E-state index in [1.165, 1.54) is 0 Å². The van der Waals surface area contributed by atoms with Gasteiger partial charge in [0.25, 0.3) is 0 Å². The third-order valence-electron chi connectivity index (χ3n) is 3.10. The van der Waals surface area contributed by atoms with Crippen molar-refractivity contribution in [1.82, 2.24) is 9.88 Å². The van der Waals surface area contributed by atoms with Crippen LogP contribution in [0.25, 0.3) is 0 Å². The van der Waals surface area contributed by atoms with Gasteiger partial charge in [0.05, 0.1) is 12.0 Å². The first-order valence-electron chi connectivity index (χ1n) is 5.39. The molecule has 2 rings (SSSR count). The van der Waals surface area contributed by atoms with E-state index in [2.05, 4.69) is 16.0 Å². The molecule has 1 aromatic rings. The lowest BCUT2D eigenvalue weighted by Crippen LogP contribution is -2.15. The van der Waals surface area contributed by atoms with Crippen LogP contribution >= 0.6 is 0 Å². The normalized spacial score (nSPS) is 25.6. The lowest BCUT2D eigenvalue weighted by atomic mass is 9.90. The minimum absolute atomic E-state index is 0.00815. The maximum absolute atomic E-state index is 11.4. The van der Waals surface area contributed by atoms with Gasteiger partial charge in [-0.25, -0.2) is 0 Å². The van der Waals surface area contributed by atoms with Crippen LogP contribution < -0.4 is 5.56 Å². The van der Waals surface area contributed by atoms with Crippen LogP contribution in [0, 0.1) is 24.2 Å². The van der Waals surface area contributed by atoms with Crippen molar-refractivity contribution in [2.45, 2.75) is 12.8 Å². The quantitative estimate of drug-likeness (QED) is 0.758. The van der Waals surface area contributed by atoms with Crippen LogP contribution in [0.15, 0.2) is 16.9 Å². The number of nitrogens with one attached hydrogen (secondary N) is 1. The number of aryl methyl sites for hydroxylation is 1. The van der Waals surface area contributed by atoms with Crippen molar-refractivity contribution in [2.24, 2.45) is 5.92 Å². The van der Waals surface area contributed by atoms with Gasteiger partial charge in [0.2, 0.25) is 5.56 Å². The first kappa shape index (κ1) is 10.9. The average molecular weight is 217 g/mol. The van der Waals surface area contributed by atoms with Crippen LogP contribution in [-0.2, 0) is 0 Å². The monoisotopic (exact) mass is 217 g/mol. The summed E-state index contributed by atoms with van der Waals surface area (Å²) in [6.07, 6.45) is 0. The fourth-order valence-electron chi connectivity index (χ4n) is 2.39. The molecule has 1 aliphatic heterocycles. The zero-order valence-corrected chi connectivity index (χ0v) is 9.53. The number of nitriles is 1. The molecule has 0 amide bonds. The van der Waals surface area contributed by atoms with E-state index < -0.39 is 0 Å². The largest absolute Gasteiger partial charge is 0.327 e. The minimum atomic E-state index is -0.0822. The molecule has 2 heterocycles. The Morgan fingerprint density at radius 1 is 1.50 bits per heavy atom. The molecule has 84 valence electrons. The van der Waals surface area contributed by atoms with Gasteiger partial charge >= 0.3 is 0 Å². The molecular weight excluding hydrogens is 202 g/mol. The molecular formula is C12H15N3O. The molecule has 1 unspecified atom stereocenters. The second kappa shape index (κ2) is 4.11. The van der Waals surface area contributed by atoms with Gasteiger partial charge in [0.1, 0.15) is 0 Å². The summed E-state index contributed by atoms with van der Waals surface area (Å²) in [5, 5.41) is 9.09. The number of hydrogen-bond donors (Lipinski definition) is 1. The summed E-state index contributed by atoms with van der Waals surface area (Å²) in [5.74, 6) is 0.155. The molecule has 4 heteroatoms. The van der Waals surface area contributed by atoms with Gasteiger partial charge in [-0.05, 0) is 25.6 Å². The summed E-state index contributed by atoms with van der Waals surface area (Å²) >= 11 is 0. The number of hydrogen-bond acceptors (Lipinski definition) is 3. The molecule has 0 spiro atoms. The van der Waals surface area contributed by atoms with Gasteiger partial charge in [-0.3, -0.25) is 4.79 Å². The maximum Gasteiger partial charge on any atom is 0.248 e. The van der Waals surface area contributed by atoms with Gasteiger partial charge in [0.15, 0.2) is 0 Å². The van der Waals surface area contributed by atoms with Crippen LogP contribution in [0.1, 0.15) is 17.2 Å². The highest BCUT2D eigenvalue weighted by Crippen LogP contribution is 2.30. The molecule has 0 aliphatic carbocycles. The second-order valence-electron chi connectivity index (χ2n) is 4.52. The van der Waals surface area contributed by atoms with Crippen molar-refractivity contribution in [3.8, 4) is 6.07 Å². The second-order valence-corrected chi connectivity index (χ2v) is 4.52. The smallest absolute Gasteiger partial charge is 0.248 e. The third kappa shape index (κ3) is 2.00. The van der Waals surface area contributed by atoms with Crippen molar-refractivity contribution in [3.63, 3.8) is 0 Å². The van der Waals surface area contributed by atoms with Crippen molar-refractivity contribution in [3.05, 3.63) is 33.7 Å². The van der Waals surface area contributed by atoms with E-state index in [1.807, 2.05) is 20.0 Å². The molecule has 0 saturated carbocycles. The summed E-state index contributed by atoms with van der Waals surface area (Å²) in [7, 11) is 2.00. The molecule has 0 radical (unpaired) electrons. The summed E-state index contributed by atoms with van der Waals surface area (Å²) in [4.78, 5) is 16.3. The summed E-state index contributed by atoms with van der Waals surface area (Å²) in [6.45, 7) is 3.50. The van der Waals surface area contributed by atoms with Crippen LogP contribution in [0.5, 0.6) is 0 Å². The topological polar surface area (TPSA) is 59.9 Å². The zero-order chi connectivity index (χ0) is 11.7. The highest BCUT2D eigenvalue weighted by molar-refractivity contribution is 5.25. The van der Waals surface area contributed by atoms with E-state index in [-0.39, 0.29) is 17.4 Å². The van der Waals surface area contributed by atoms with Gasteiger partial charge < -0.3 is 9.88 Å². The number of aromatic amines is 1. The Morgan fingerprint density at radius 2 is 2.25 bits per heavy atom. The highest BCUT2D eigenvalue weighted by atomic mass is 16.1. The molecule has 1 saturated heterocycles. The molecule has 16 heavy (non-hydrogen) atoms. The van der Waals surface area contributed by atoms with E-state index in [1.54, 1.807) is 6.07 Å². The number of nitrogens with zero attached hydrogens (tertiary/aromatic N) is 2. The first-order valence-corrected chi connectivity index (χ1v) is 5.39. The summed E-state index contributed by atoms with van der Waals surface area (Å²) in [6, 6.07) is 5.91. The lowest BCUT2D eigenvalue weighted by molar-refractivity contribution is 0.406. The Balaban J connectivity index is 2.37. The molecule has 1 aliphatic rings. The van der Waals surface area contributed by atoms with Crippen LogP contribution in [0.3, 0.4) is 0 Å². The van der Waals surface area contributed by atoms with E-state index in [9.17, 15) is 4.79 Å². The van der Waals surface area contributed by atoms with Crippen molar-refractivity contribution in [2.75, 3.05) is 20.1 Å². The number of aromatic nitrogens is 1. The van der Waals surface area contributed by atoms with Gasteiger partial charge in [0, 0.05) is 30.8 Å². The molecule has 2 atom stereocenters. The fraction of sp³-hybridized carbons (Fsp3) is 0.500. The Kier molecular flexibility index (Phi) is 2.80. The van der Waals surface area contributed by atoms with E-state index in [0.717, 1.165) is 24.3 Å². The van der Waals surface area contributed by atoms with Crippen LogP contribution in [0.2, 0.25) is 0 Å². The van der Waals surface area contributed by atoms with E-state index in [0.29, 0.717) is 0 Å². The van der Waals surface area contributed by atoms with E-state index >= 15 is 0 Å². The Bertz CT molecular complexity index is 486. The van der Waals surface area contributed by atoms with Gasteiger partial charge in [-0.1, -0.05) is 0 Å². The molecule has 1 N–H and O–H groups in total. The SMILES string of the molecule is Cc1cc([C@H]2CN(C)CC2C#N)cc(=O)[nH]1. The summed E-state index contributed by atoms with van der Waals surface area (Å²) < 4.78 is 0. The van der Waals surface area contributed by atoms with Crippen LogP contribution in [0.4, 0.5) is 0 Å². The lowest BCUT2D eigenvalue weighted by Gasteiger charge is -2.13. The predicted molar refractivity (Wildman–Crippen MR) is 61.1 cm³/mol. The zero-order valence-electron chi connectivity index (χ0n) is 9.53. The molecule has 4 nitrogen and oxygen atoms in total. The molecule has 0 aromatic carbocycles. The Morgan fingerprint density at radius 3 is 2.88 bits per heavy atom. The molecule has 1 fully saturated rings. The average Bonchev–Trinajstić information content (AvgIpc) is 2.58. The number of pyridine rings is 1. The highest BCUT2D eigenvalue weighted by Gasteiger charge is 2.32. The Hall–Kier alpha value is -1.60. The first-order chi connectivity index (χ1) is 7.60. The minimum Gasteiger partial charge on any atom is -0.327 e. The molecule has 1 aromatic heterocycles. The number of rotatable bonds is 1. The Labute approximate surface area is 94.5 Å². The van der Waals surface area contributed by atoms with Crippen molar-refractivity contribution < 1.29 is 0 Å². The van der Waals surface area contributed by atoms with E-state index in [4.69, 9.17) is 5.26 Å². The third-order valence-corrected chi connectivity index (χ3v) is 3.10. The van der Waals surface area contributed by atoms with Crippen molar-refractivity contribution in [1.29, 1.82) is 5.26 Å². The fourth-order valence-corrected chi connectivity index (χ4v) is 2.39. The van der Waals surface area contributed by atoms with Gasteiger partial charge in [-0.15, -0.1) is 0 Å². The van der Waals surface area contributed by atoms with Crippen molar-refractivity contribution >= 4 is 0 Å². The summed E-state index contributed by atoms with van der Waals surface area (Å²) in [5.41, 5.74) is 1.76. The number of likely N-dealkylation sites (tertiary alicyclic amines) is 1. The predicted octanol–water partition coefficient (Wildman–Crippen LogP) is 0.852. The molecule has 0 bridgehead atoms. The van der Waals surface area contributed by atoms with Crippen LogP contribution in [-0.4, -0.2) is 30.0 Å². The maximum atomic E-state index is 11.4. The standard InChI is InChI=1S/C12H15N3O/c1-8-3-9(4-12(16)14-8)11-7-15(2)6-10(11)5-13/h3-4,10-11H,6-7H2,1-2H3,(H,14,16)/t10?,11-/m1/s1. The number of H-pyrrole nitrogens is 1.